The summed E-state index contributed by atoms with van der Waals surface area (Å²) in [5.41, 5.74) is 0.502. The van der Waals surface area contributed by atoms with Gasteiger partial charge in [0.15, 0.2) is 0 Å². The third-order valence-electron chi connectivity index (χ3n) is 3.18. The Morgan fingerprint density at radius 2 is 2.10 bits per heavy atom. The van der Waals surface area contributed by atoms with Crippen molar-refractivity contribution in [3.8, 4) is 0 Å². The predicted molar refractivity (Wildman–Crippen MR) is 75.7 cm³/mol. The summed E-state index contributed by atoms with van der Waals surface area (Å²) in [4.78, 5) is 22.3. The second-order valence-electron chi connectivity index (χ2n) is 5.58. The van der Waals surface area contributed by atoms with Crippen LogP contribution < -0.4 is 5.32 Å². The molecule has 0 aromatic heterocycles. The first-order chi connectivity index (χ1) is 9.26. The normalized spacial score (nSPS) is 11.2. The third kappa shape index (κ3) is 4.31. The standard InChI is InChI=1S/C14H20N2O4/c1-10-4-5-11(8-12(10)16(19)20)13(18)15-9-14(2,3)6-7-17/h4-5,8,17H,6-7,9H2,1-3H3,(H,15,18). The fourth-order valence-corrected chi connectivity index (χ4v) is 1.76. The minimum absolute atomic E-state index is 0.0544. The lowest BCUT2D eigenvalue weighted by Gasteiger charge is -2.23. The Morgan fingerprint density at radius 1 is 1.45 bits per heavy atom. The van der Waals surface area contributed by atoms with Crippen molar-refractivity contribution in [3.63, 3.8) is 0 Å². The van der Waals surface area contributed by atoms with Crippen LogP contribution in [0.5, 0.6) is 0 Å². The molecule has 0 aliphatic rings. The van der Waals surface area contributed by atoms with Crippen molar-refractivity contribution in [2.75, 3.05) is 13.2 Å². The van der Waals surface area contributed by atoms with Gasteiger partial charge in [-0.25, -0.2) is 0 Å². The molecule has 1 aromatic rings. The average Bonchev–Trinajstić information content (AvgIpc) is 2.36. The van der Waals surface area contributed by atoms with Crippen molar-refractivity contribution >= 4 is 11.6 Å². The Morgan fingerprint density at radius 3 is 2.65 bits per heavy atom. The van der Waals surface area contributed by atoms with E-state index in [9.17, 15) is 14.9 Å². The number of aryl methyl sites for hydroxylation is 1. The number of benzene rings is 1. The average molecular weight is 280 g/mol. The van der Waals surface area contributed by atoms with Crippen molar-refractivity contribution in [1.82, 2.24) is 5.32 Å². The van der Waals surface area contributed by atoms with E-state index in [4.69, 9.17) is 5.11 Å². The monoisotopic (exact) mass is 280 g/mol. The van der Waals surface area contributed by atoms with Gasteiger partial charge in [-0.1, -0.05) is 19.9 Å². The molecule has 110 valence electrons. The summed E-state index contributed by atoms with van der Waals surface area (Å²) in [6.07, 6.45) is 0.571. The van der Waals surface area contributed by atoms with Crippen molar-refractivity contribution in [3.05, 3.63) is 39.4 Å². The van der Waals surface area contributed by atoms with E-state index in [2.05, 4.69) is 5.32 Å². The van der Waals surface area contributed by atoms with E-state index < -0.39 is 4.92 Å². The number of hydrogen-bond donors (Lipinski definition) is 2. The van der Waals surface area contributed by atoms with Gasteiger partial charge in [-0.05, 0) is 24.8 Å². The molecule has 0 atom stereocenters. The maximum Gasteiger partial charge on any atom is 0.273 e. The Kier molecular flexibility index (Phi) is 5.21. The Hall–Kier alpha value is -1.95. The van der Waals surface area contributed by atoms with Crippen LogP contribution in [0.2, 0.25) is 0 Å². The summed E-state index contributed by atoms with van der Waals surface area (Å²) in [5.74, 6) is -0.348. The minimum Gasteiger partial charge on any atom is -0.396 e. The highest BCUT2D eigenvalue weighted by molar-refractivity contribution is 5.95. The van der Waals surface area contributed by atoms with Crippen LogP contribution in [0.1, 0.15) is 36.2 Å². The molecule has 1 amide bonds. The van der Waals surface area contributed by atoms with Gasteiger partial charge in [-0.2, -0.15) is 0 Å². The van der Waals surface area contributed by atoms with Crippen LogP contribution in [-0.4, -0.2) is 29.1 Å². The fraction of sp³-hybridized carbons (Fsp3) is 0.500. The zero-order valence-electron chi connectivity index (χ0n) is 12.0. The van der Waals surface area contributed by atoms with Crippen LogP contribution in [0.25, 0.3) is 0 Å². The Labute approximate surface area is 118 Å². The summed E-state index contributed by atoms with van der Waals surface area (Å²) in [6, 6.07) is 4.41. The van der Waals surface area contributed by atoms with Crippen LogP contribution in [0.4, 0.5) is 5.69 Å². The number of hydrogen-bond acceptors (Lipinski definition) is 4. The minimum atomic E-state index is -0.498. The number of amides is 1. The molecule has 0 aliphatic heterocycles. The first kappa shape index (κ1) is 16.1. The summed E-state index contributed by atoms with van der Waals surface area (Å²) < 4.78 is 0. The number of nitrogens with zero attached hydrogens (tertiary/aromatic N) is 1. The number of nitro benzene ring substituents is 1. The van der Waals surface area contributed by atoms with E-state index in [0.717, 1.165) is 0 Å². The van der Waals surface area contributed by atoms with Gasteiger partial charge >= 0.3 is 0 Å². The van der Waals surface area contributed by atoms with Crippen LogP contribution in [0, 0.1) is 22.5 Å². The van der Waals surface area contributed by atoms with Gasteiger partial charge in [-0.15, -0.1) is 0 Å². The first-order valence-corrected chi connectivity index (χ1v) is 6.41. The van der Waals surface area contributed by atoms with Crippen molar-refractivity contribution in [2.24, 2.45) is 5.41 Å². The second kappa shape index (κ2) is 6.47. The molecule has 0 aliphatic carbocycles. The van der Waals surface area contributed by atoms with Gasteiger partial charge < -0.3 is 10.4 Å². The molecule has 6 heteroatoms. The van der Waals surface area contributed by atoms with E-state index in [1.807, 2.05) is 13.8 Å². The summed E-state index contributed by atoms with van der Waals surface area (Å²) >= 11 is 0. The highest BCUT2D eigenvalue weighted by atomic mass is 16.6. The van der Waals surface area contributed by atoms with Gasteiger partial charge in [-0.3, -0.25) is 14.9 Å². The fourth-order valence-electron chi connectivity index (χ4n) is 1.76. The summed E-state index contributed by atoms with van der Waals surface area (Å²) in [5, 5.41) is 22.5. The molecule has 0 saturated heterocycles. The quantitative estimate of drug-likeness (QED) is 0.616. The van der Waals surface area contributed by atoms with Crippen molar-refractivity contribution < 1.29 is 14.8 Å². The van der Waals surface area contributed by atoms with Gasteiger partial charge in [0.2, 0.25) is 0 Å². The highest BCUT2D eigenvalue weighted by Crippen LogP contribution is 2.20. The van der Waals surface area contributed by atoms with Crippen LogP contribution >= 0.6 is 0 Å². The molecular formula is C14H20N2O4. The van der Waals surface area contributed by atoms with Gasteiger partial charge in [0.1, 0.15) is 0 Å². The van der Waals surface area contributed by atoms with Crippen LogP contribution in [-0.2, 0) is 0 Å². The molecule has 1 rings (SSSR count). The zero-order valence-corrected chi connectivity index (χ0v) is 12.0. The zero-order chi connectivity index (χ0) is 15.3. The first-order valence-electron chi connectivity index (χ1n) is 6.41. The van der Waals surface area contributed by atoms with E-state index >= 15 is 0 Å². The molecule has 0 fully saturated rings. The van der Waals surface area contributed by atoms with E-state index in [1.165, 1.54) is 6.07 Å². The smallest absolute Gasteiger partial charge is 0.273 e. The van der Waals surface area contributed by atoms with E-state index in [1.54, 1.807) is 19.1 Å². The molecule has 0 heterocycles. The number of rotatable bonds is 6. The highest BCUT2D eigenvalue weighted by Gasteiger charge is 2.20. The lowest BCUT2D eigenvalue weighted by Crippen LogP contribution is -2.34. The molecular weight excluding hydrogens is 260 g/mol. The number of aliphatic hydroxyl groups excluding tert-OH is 1. The molecule has 2 N–H and O–H groups in total. The molecule has 20 heavy (non-hydrogen) atoms. The summed E-state index contributed by atoms with van der Waals surface area (Å²) in [6.45, 7) is 5.94. The summed E-state index contributed by atoms with van der Waals surface area (Å²) in [7, 11) is 0. The molecule has 0 radical (unpaired) electrons. The van der Waals surface area contributed by atoms with Gasteiger partial charge in [0, 0.05) is 30.3 Å². The van der Waals surface area contributed by atoms with Crippen LogP contribution in [0.3, 0.4) is 0 Å². The van der Waals surface area contributed by atoms with Gasteiger partial charge in [0.05, 0.1) is 4.92 Å². The van der Waals surface area contributed by atoms with E-state index in [0.29, 0.717) is 18.5 Å². The maximum atomic E-state index is 12.0. The Balaban J connectivity index is 2.78. The van der Waals surface area contributed by atoms with Gasteiger partial charge in [0.25, 0.3) is 11.6 Å². The van der Waals surface area contributed by atoms with Crippen LogP contribution in [0.15, 0.2) is 18.2 Å². The molecule has 1 aromatic carbocycles. The third-order valence-corrected chi connectivity index (χ3v) is 3.18. The molecule has 0 bridgehead atoms. The number of carbonyl (C=O) groups is 1. The van der Waals surface area contributed by atoms with Crippen molar-refractivity contribution in [2.45, 2.75) is 27.2 Å². The Bertz CT molecular complexity index is 512. The van der Waals surface area contributed by atoms with Crippen molar-refractivity contribution in [1.29, 1.82) is 0 Å². The number of aliphatic hydroxyl groups is 1. The number of nitrogens with one attached hydrogen (secondary N) is 1. The molecule has 0 unspecified atom stereocenters. The molecule has 6 nitrogen and oxygen atoms in total. The largest absolute Gasteiger partial charge is 0.396 e. The predicted octanol–water partition coefficient (Wildman–Crippen LogP) is 2.04. The molecule has 0 spiro atoms. The molecule has 0 saturated carbocycles. The number of carbonyl (C=O) groups excluding carboxylic acids is 1. The van der Waals surface area contributed by atoms with E-state index in [-0.39, 0.29) is 29.2 Å². The SMILES string of the molecule is Cc1ccc(C(=O)NCC(C)(C)CCO)cc1[N+](=O)[O-]. The topological polar surface area (TPSA) is 92.5 Å². The second-order valence-corrected chi connectivity index (χ2v) is 5.58. The maximum absolute atomic E-state index is 12.0. The lowest BCUT2D eigenvalue weighted by atomic mass is 9.89. The lowest BCUT2D eigenvalue weighted by molar-refractivity contribution is -0.385. The number of nitro groups is 1.